The molecule has 3 rings (SSSR count). The fourth-order valence-corrected chi connectivity index (χ4v) is 3.42. The minimum Gasteiger partial charge on any atom is -0.459 e. The summed E-state index contributed by atoms with van der Waals surface area (Å²) in [5.41, 5.74) is 1.02. The fourth-order valence-electron chi connectivity index (χ4n) is 1.87. The Balaban J connectivity index is 1.63. The number of hydrogen-bond donors (Lipinski definition) is 1. The zero-order valence-electron chi connectivity index (χ0n) is 12.5. The summed E-state index contributed by atoms with van der Waals surface area (Å²) in [6.07, 6.45) is 0.144. The van der Waals surface area contributed by atoms with E-state index in [1.165, 1.54) is 29.6 Å². The second-order valence-electron chi connectivity index (χ2n) is 4.87. The summed E-state index contributed by atoms with van der Waals surface area (Å²) >= 11 is 2.65. The summed E-state index contributed by atoms with van der Waals surface area (Å²) in [5, 5.41) is 7.29. The molecule has 23 heavy (non-hydrogen) atoms. The SMILES string of the molecule is CC(=O)c1csc(NC(=O)Cc2csc(-c3ccc(C)o3)n2)n1. The van der Waals surface area contributed by atoms with Crippen LogP contribution in [0.3, 0.4) is 0 Å². The van der Waals surface area contributed by atoms with Gasteiger partial charge in [0.05, 0.1) is 12.1 Å². The van der Waals surface area contributed by atoms with Crippen LogP contribution < -0.4 is 5.32 Å². The Morgan fingerprint density at radius 1 is 1.22 bits per heavy atom. The number of aromatic nitrogens is 2. The van der Waals surface area contributed by atoms with E-state index in [0.717, 1.165) is 10.8 Å². The molecule has 0 fully saturated rings. The number of furan rings is 1. The van der Waals surface area contributed by atoms with Gasteiger partial charge >= 0.3 is 0 Å². The van der Waals surface area contributed by atoms with E-state index in [1.54, 1.807) is 5.38 Å². The van der Waals surface area contributed by atoms with Gasteiger partial charge in [0.2, 0.25) is 5.91 Å². The van der Waals surface area contributed by atoms with Crippen molar-refractivity contribution in [2.75, 3.05) is 5.32 Å². The zero-order valence-corrected chi connectivity index (χ0v) is 14.1. The number of anilines is 1. The molecule has 0 saturated heterocycles. The number of carbonyl (C=O) groups is 2. The number of carbonyl (C=O) groups excluding carboxylic acids is 2. The lowest BCUT2D eigenvalue weighted by molar-refractivity contribution is -0.115. The molecule has 1 N–H and O–H groups in total. The van der Waals surface area contributed by atoms with Crippen molar-refractivity contribution in [3.05, 3.63) is 40.0 Å². The van der Waals surface area contributed by atoms with Crippen molar-refractivity contribution < 1.29 is 14.0 Å². The summed E-state index contributed by atoms with van der Waals surface area (Å²) in [6.45, 7) is 3.31. The lowest BCUT2D eigenvalue weighted by Gasteiger charge is -1.98. The monoisotopic (exact) mass is 347 g/mol. The Morgan fingerprint density at radius 3 is 2.70 bits per heavy atom. The standard InChI is InChI=1S/C15H13N3O3S2/c1-8-3-4-12(21-8)14-16-10(6-22-14)5-13(20)18-15-17-11(7-23-15)9(2)19/h3-4,6-7H,5H2,1-2H3,(H,17,18,20). The predicted octanol–water partition coefficient (Wildman–Crippen LogP) is 3.55. The van der Waals surface area contributed by atoms with E-state index >= 15 is 0 Å². The second kappa shape index (κ2) is 6.43. The third-order valence-electron chi connectivity index (χ3n) is 2.96. The highest BCUT2D eigenvalue weighted by atomic mass is 32.1. The Kier molecular flexibility index (Phi) is 4.35. The van der Waals surface area contributed by atoms with Gasteiger partial charge in [-0.3, -0.25) is 9.59 Å². The van der Waals surface area contributed by atoms with E-state index in [0.29, 0.717) is 22.3 Å². The highest BCUT2D eigenvalue weighted by molar-refractivity contribution is 7.14. The molecule has 3 heterocycles. The maximum absolute atomic E-state index is 12.0. The normalized spacial score (nSPS) is 10.7. The van der Waals surface area contributed by atoms with Crippen LogP contribution in [0.25, 0.3) is 10.8 Å². The molecule has 0 aromatic carbocycles. The highest BCUT2D eigenvalue weighted by Crippen LogP contribution is 2.26. The lowest BCUT2D eigenvalue weighted by Crippen LogP contribution is -2.14. The third-order valence-corrected chi connectivity index (χ3v) is 4.62. The van der Waals surface area contributed by atoms with Gasteiger partial charge in [0.15, 0.2) is 21.7 Å². The first-order chi connectivity index (χ1) is 11.0. The van der Waals surface area contributed by atoms with Crippen molar-refractivity contribution in [1.82, 2.24) is 9.97 Å². The smallest absolute Gasteiger partial charge is 0.232 e. The van der Waals surface area contributed by atoms with Gasteiger partial charge in [-0.15, -0.1) is 22.7 Å². The van der Waals surface area contributed by atoms with Crippen molar-refractivity contribution in [1.29, 1.82) is 0 Å². The number of nitrogens with zero attached hydrogens (tertiary/aromatic N) is 2. The van der Waals surface area contributed by atoms with Gasteiger partial charge in [-0.05, 0) is 19.1 Å². The highest BCUT2D eigenvalue weighted by Gasteiger charge is 2.13. The van der Waals surface area contributed by atoms with Gasteiger partial charge < -0.3 is 9.73 Å². The zero-order chi connectivity index (χ0) is 16.4. The molecular formula is C15H13N3O3S2. The van der Waals surface area contributed by atoms with Crippen LogP contribution in [0, 0.1) is 6.92 Å². The molecule has 0 bridgehead atoms. The molecule has 0 atom stereocenters. The van der Waals surface area contributed by atoms with E-state index in [4.69, 9.17) is 4.42 Å². The lowest BCUT2D eigenvalue weighted by atomic mass is 10.3. The van der Waals surface area contributed by atoms with Crippen LogP contribution in [0.5, 0.6) is 0 Å². The van der Waals surface area contributed by atoms with Crippen molar-refractivity contribution in [2.24, 2.45) is 0 Å². The molecule has 3 aromatic rings. The van der Waals surface area contributed by atoms with Crippen LogP contribution >= 0.6 is 22.7 Å². The minimum absolute atomic E-state index is 0.125. The van der Waals surface area contributed by atoms with Crippen molar-refractivity contribution in [3.8, 4) is 10.8 Å². The topological polar surface area (TPSA) is 85.1 Å². The molecule has 8 heteroatoms. The molecule has 0 saturated carbocycles. The largest absolute Gasteiger partial charge is 0.459 e. The molecule has 6 nitrogen and oxygen atoms in total. The minimum atomic E-state index is -0.220. The second-order valence-corrected chi connectivity index (χ2v) is 6.59. The van der Waals surface area contributed by atoms with Gasteiger partial charge in [-0.25, -0.2) is 9.97 Å². The number of rotatable bonds is 5. The van der Waals surface area contributed by atoms with E-state index in [-0.39, 0.29) is 18.1 Å². The molecule has 0 aliphatic heterocycles. The molecule has 1 amide bonds. The number of Topliss-reactive ketones (excluding diaryl/α,β-unsaturated/α-hetero) is 1. The van der Waals surface area contributed by atoms with Crippen molar-refractivity contribution >= 4 is 39.5 Å². The summed E-state index contributed by atoms with van der Waals surface area (Å²) in [6, 6.07) is 3.73. The first-order valence-corrected chi connectivity index (χ1v) is 8.55. The predicted molar refractivity (Wildman–Crippen MR) is 89.0 cm³/mol. The Hall–Kier alpha value is -2.32. The first kappa shape index (κ1) is 15.6. The maximum atomic E-state index is 12.0. The molecule has 3 aromatic heterocycles. The maximum Gasteiger partial charge on any atom is 0.232 e. The molecule has 0 radical (unpaired) electrons. The van der Waals surface area contributed by atoms with E-state index in [2.05, 4.69) is 15.3 Å². The molecular weight excluding hydrogens is 334 g/mol. The van der Waals surface area contributed by atoms with Crippen LogP contribution in [-0.4, -0.2) is 21.7 Å². The molecule has 0 aliphatic rings. The fraction of sp³-hybridized carbons (Fsp3) is 0.200. The van der Waals surface area contributed by atoms with Gasteiger partial charge in [0.1, 0.15) is 11.5 Å². The van der Waals surface area contributed by atoms with Gasteiger partial charge in [0.25, 0.3) is 0 Å². The van der Waals surface area contributed by atoms with Crippen LogP contribution in [0.15, 0.2) is 27.3 Å². The Bertz CT molecular complexity index is 863. The average molecular weight is 347 g/mol. The summed E-state index contributed by atoms with van der Waals surface area (Å²) < 4.78 is 5.52. The van der Waals surface area contributed by atoms with Crippen LogP contribution in [0.1, 0.15) is 28.9 Å². The number of aryl methyl sites for hydroxylation is 1. The van der Waals surface area contributed by atoms with Crippen LogP contribution in [-0.2, 0) is 11.2 Å². The van der Waals surface area contributed by atoms with Crippen molar-refractivity contribution in [2.45, 2.75) is 20.3 Å². The Labute approximate surface area is 140 Å². The number of nitrogens with one attached hydrogen (secondary N) is 1. The number of amides is 1. The van der Waals surface area contributed by atoms with E-state index in [9.17, 15) is 9.59 Å². The molecule has 0 spiro atoms. The van der Waals surface area contributed by atoms with E-state index < -0.39 is 0 Å². The molecule has 0 aliphatic carbocycles. The third kappa shape index (κ3) is 3.72. The summed E-state index contributed by atoms with van der Waals surface area (Å²) in [7, 11) is 0. The number of ketones is 1. The quantitative estimate of drug-likeness (QED) is 0.713. The Morgan fingerprint density at radius 2 is 2.04 bits per heavy atom. The van der Waals surface area contributed by atoms with E-state index in [1.807, 2.05) is 24.4 Å². The van der Waals surface area contributed by atoms with Crippen LogP contribution in [0.2, 0.25) is 0 Å². The van der Waals surface area contributed by atoms with Crippen LogP contribution in [0.4, 0.5) is 5.13 Å². The summed E-state index contributed by atoms with van der Waals surface area (Å²) in [5.74, 6) is 1.17. The first-order valence-electron chi connectivity index (χ1n) is 6.79. The molecule has 118 valence electrons. The van der Waals surface area contributed by atoms with Gasteiger partial charge in [-0.2, -0.15) is 0 Å². The molecule has 0 unspecified atom stereocenters. The number of hydrogen-bond acceptors (Lipinski definition) is 7. The van der Waals surface area contributed by atoms with Crippen molar-refractivity contribution in [3.63, 3.8) is 0 Å². The van der Waals surface area contributed by atoms with Gasteiger partial charge in [0, 0.05) is 17.7 Å². The average Bonchev–Trinajstić information content (AvgIpc) is 3.19. The summed E-state index contributed by atoms with van der Waals surface area (Å²) in [4.78, 5) is 31.7. The number of thiazole rings is 2. The van der Waals surface area contributed by atoms with Gasteiger partial charge in [-0.1, -0.05) is 0 Å².